The molecule has 0 unspecified atom stereocenters. The van der Waals surface area contributed by atoms with E-state index in [0.29, 0.717) is 5.82 Å². The molecule has 0 atom stereocenters. The van der Waals surface area contributed by atoms with E-state index in [0.717, 1.165) is 22.2 Å². The number of nitrogens with two attached hydrogens (primary N) is 1. The Kier molecular flexibility index (Phi) is 3.60. The van der Waals surface area contributed by atoms with Crippen LogP contribution in [0.3, 0.4) is 0 Å². The third-order valence-electron chi connectivity index (χ3n) is 2.09. The minimum atomic E-state index is -0.0507. The Hall–Kier alpha value is -0.770. The quantitative estimate of drug-likeness (QED) is 0.621. The molecule has 0 saturated carbocycles. The van der Waals surface area contributed by atoms with Gasteiger partial charge in [0, 0.05) is 11.0 Å². The van der Waals surface area contributed by atoms with Gasteiger partial charge in [0.2, 0.25) is 0 Å². The average Bonchev–Trinajstić information content (AvgIpc) is 2.11. The van der Waals surface area contributed by atoms with Crippen molar-refractivity contribution in [3.05, 3.63) is 11.4 Å². The molecule has 0 radical (unpaired) electrons. The molecular weight excluding hydrogens is 206 g/mol. The van der Waals surface area contributed by atoms with Gasteiger partial charge in [-0.25, -0.2) is 9.97 Å². The molecule has 2 N–H and O–H groups in total. The first-order chi connectivity index (χ1) is 6.86. The molecule has 0 fully saturated rings. The van der Waals surface area contributed by atoms with E-state index in [9.17, 15) is 0 Å². The lowest BCUT2D eigenvalue weighted by Crippen LogP contribution is -2.18. The lowest BCUT2D eigenvalue weighted by molar-refractivity contribution is 0.538. The molecule has 0 aliphatic heterocycles. The highest BCUT2D eigenvalue weighted by atomic mass is 32.2. The number of hydrogen-bond donors (Lipinski definition) is 1. The van der Waals surface area contributed by atoms with Gasteiger partial charge in [0.25, 0.3) is 0 Å². The Balaban J connectivity index is 3.23. The van der Waals surface area contributed by atoms with Crippen molar-refractivity contribution < 1.29 is 0 Å². The number of nitrogen functional groups attached to an aromatic ring is 1. The average molecular weight is 225 g/mol. The Morgan fingerprint density at radius 1 is 1.27 bits per heavy atom. The summed E-state index contributed by atoms with van der Waals surface area (Å²) in [7, 11) is 0. The third-order valence-corrected chi connectivity index (χ3v) is 3.05. The predicted molar refractivity (Wildman–Crippen MR) is 66.3 cm³/mol. The first kappa shape index (κ1) is 12.3. The molecule has 0 spiro atoms. The van der Waals surface area contributed by atoms with Gasteiger partial charge in [-0.1, -0.05) is 27.7 Å². The number of aromatic nitrogens is 2. The molecule has 1 heterocycles. The summed E-state index contributed by atoms with van der Waals surface area (Å²) in [5, 5.41) is 1.01. The molecule has 84 valence electrons. The molecule has 0 amide bonds. The van der Waals surface area contributed by atoms with Gasteiger partial charge in [0.1, 0.15) is 16.7 Å². The second kappa shape index (κ2) is 4.39. The predicted octanol–water partition coefficient (Wildman–Crippen LogP) is 2.78. The molecule has 3 nitrogen and oxygen atoms in total. The summed E-state index contributed by atoms with van der Waals surface area (Å²) in [6, 6.07) is 0. The number of nitrogens with zero attached hydrogens (tertiary/aromatic N) is 2. The minimum absolute atomic E-state index is 0.0507. The SMILES string of the molecule is CCSc1nc(C(C)(C)C)nc(N)c1C. The fraction of sp³-hybridized carbons (Fsp3) is 0.636. The number of anilines is 1. The summed E-state index contributed by atoms with van der Waals surface area (Å²) >= 11 is 1.72. The monoisotopic (exact) mass is 225 g/mol. The van der Waals surface area contributed by atoms with Crippen LogP contribution in [0.2, 0.25) is 0 Å². The maximum absolute atomic E-state index is 5.88. The van der Waals surface area contributed by atoms with Crippen molar-refractivity contribution in [3.8, 4) is 0 Å². The second-order valence-corrected chi connectivity index (χ2v) is 5.80. The standard InChI is InChI=1S/C11H19N3S/c1-6-15-9-7(2)8(12)13-10(14-9)11(3,4)5/h6H2,1-5H3,(H2,12,13,14). The molecule has 1 aromatic heterocycles. The first-order valence-electron chi connectivity index (χ1n) is 5.13. The van der Waals surface area contributed by atoms with Crippen LogP contribution in [0.15, 0.2) is 5.03 Å². The van der Waals surface area contributed by atoms with Crippen LogP contribution in [0, 0.1) is 6.92 Å². The Morgan fingerprint density at radius 3 is 2.33 bits per heavy atom. The highest BCUT2D eigenvalue weighted by Gasteiger charge is 2.20. The minimum Gasteiger partial charge on any atom is -0.383 e. The van der Waals surface area contributed by atoms with Crippen LogP contribution in [0.25, 0.3) is 0 Å². The van der Waals surface area contributed by atoms with Gasteiger partial charge >= 0.3 is 0 Å². The van der Waals surface area contributed by atoms with Crippen LogP contribution in [0.5, 0.6) is 0 Å². The molecule has 1 rings (SSSR count). The van der Waals surface area contributed by atoms with Gasteiger partial charge in [-0.05, 0) is 12.7 Å². The summed E-state index contributed by atoms with van der Waals surface area (Å²) in [5.41, 5.74) is 6.83. The lowest BCUT2D eigenvalue weighted by Gasteiger charge is -2.18. The van der Waals surface area contributed by atoms with E-state index in [-0.39, 0.29) is 5.41 Å². The number of hydrogen-bond acceptors (Lipinski definition) is 4. The van der Waals surface area contributed by atoms with Crippen LogP contribution >= 0.6 is 11.8 Å². The van der Waals surface area contributed by atoms with Crippen molar-refractivity contribution in [3.63, 3.8) is 0 Å². The first-order valence-corrected chi connectivity index (χ1v) is 6.12. The highest BCUT2D eigenvalue weighted by Crippen LogP contribution is 2.27. The van der Waals surface area contributed by atoms with E-state index >= 15 is 0 Å². The van der Waals surface area contributed by atoms with Crippen molar-refractivity contribution in [2.45, 2.75) is 45.1 Å². The fourth-order valence-corrected chi connectivity index (χ4v) is 1.87. The van der Waals surface area contributed by atoms with Crippen molar-refractivity contribution in [1.29, 1.82) is 0 Å². The maximum Gasteiger partial charge on any atom is 0.137 e. The van der Waals surface area contributed by atoms with Crippen LogP contribution in [-0.2, 0) is 5.41 Å². The van der Waals surface area contributed by atoms with Crippen molar-refractivity contribution in [2.24, 2.45) is 0 Å². The van der Waals surface area contributed by atoms with Gasteiger partial charge in [-0.3, -0.25) is 0 Å². The number of rotatable bonds is 2. The van der Waals surface area contributed by atoms with Gasteiger partial charge in [-0.15, -0.1) is 11.8 Å². The largest absolute Gasteiger partial charge is 0.383 e. The van der Waals surface area contributed by atoms with E-state index in [2.05, 4.69) is 37.7 Å². The van der Waals surface area contributed by atoms with E-state index in [1.54, 1.807) is 11.8 Å². The normalized spacial score (nSPS) is 11.8. The summed E-state index contributed by atoms with van der Waals surface area (Å²) in [4.78, 5) is 8.91. The van der Waals surface area contributed by atoms with Crippen LogP contribution in [0.1, 0.15) is 39.1 Å². The third kappa shape index (κ3) is 2.84. The van der Waals surface area contributed by atoms with Gasteiger partial charge in [-0.2, -0.15) is 0 Å². The maximum atomic E-state index is 5.88. The lowest BCUT2D eigenvalue weighted by atomic mass is 9.95. The van der Waals surface area contributed by atoms with Crippen molar-refractivity contribution >= 4 is 17.6 Å². The molecule has 0 aromatic carbocycles. The fourth-order valence-electron chi connectivity index (χ4n) is 1.13. The Labute approximate surface area is 95.9 Å². The Morgan fingerprint density at radius 2 is 1.87 bits per heavy atom. The van der Waals surface area contributed by atoms with Crippen molar-refractivity contribution in [2.75, 3.05) is 11.5 Å². The van der Waals surface area contributed by atoms with Crippen LogP contribution in [-0.4, -0.2) is 15.7 Å². The molecule has 0 saturated heterocycles. The van der Waals surface area contributed by atoms with Crippen molar-refractivity contribution in [1.82, 2.24) is 9.97 Å². The van der Waals surface area contributed by atoms with Crippen LogP contribution in [0.4, 0.5) is 5.82 Å². The number of thioether (sulfide) groups is 1. The molecule has 1 aromatic rings. The zero-order valence-electron chi connectivity index (χ0n) is 10.1. The van der Waals surface area contributed by atoms with Crippen LogP contribution < -0.4 is 5.73 Å². The topological polar surface area (TPSA) is 51.8 Å². The summed E-state index contributed by atoms with van der Waals surface area (Å²) < 4.78 is 0. The summed E-state index contributed by atoms with van der Waals surface area (Å²) in [6.07, 6.45) is 0. The summed E-state index contributed by atoms with van der Waals surface area (Å²) in [5.74, 6) is 2.42. The van der Waals surface area contributed by atoms with E-state index in [1.807, 2.05) is 6.92 Å². The molecule has 15 heavy (non-hydrogen) atoms. The highest BCUT2D eigenvalue weighted by molar-refractivity contribution is 7.99. The van der Waals surface area contributed by atoms with E-state index < -0.39 is 0 Å². The molecule has 0 aliphatic rings. The molecular formula is C11H19N3S. The molecule has 0 bridgehead atoms. The molecule has 0 aliphatic carbocycles. The zero-order chi connectivity index (χ0) is 11.6. The van der Waals surface area contributed by atoms with E-state index in [4.69, 9.17) is 5.73 Å². The summed E-state index contributed by atoms with van der Waals surface area (Å²) in [6.45, 7) is 10.4. The second-order valence-electron chi connectivity index (χ2n) is 4.55. The van der Waals surface area contributed by atoms with Gasteiger partial charge < -0.3 is 5.73 Å². The Bertz CT molecular complexity index is 356. The zero-order valence-corrected chi connectivity index (χ0v) is 10.9. The molecule has 4 heteroatoms. The van der Waals surface area contributed by atoms with Gasteiger partial charge in [0.05, 0.1) is 0 Å². The smallest absolute Gasteiger partial charge is 0.137 e. The van der Waals surface area contributed by atoms with Gasteiger partial charge in [0.15, 0.2) is 0 Å². The van der Waals surface area contributed by atoms with E-state index in [1.165, 1.54) is 0 Å².